The summed E-state index contributed by atoms with van der Waals surface area (Å²) < 4.78 is 67.5. The molecule has 0 aliphatic carbocycles. The van der Waals surface area contributed by atoms with Gasteiger partial charge < -0.3 is 0 Å². The van der Waals surface area contributed by atoms with E-state index < -0.39 is 28.7 Å². The second kappa shape index (κ2) is 9.02. The highest BCUT2D eigenvalue weighted by molar-refractivity contribution is 7.89. The van der Waals surface area contributed by atoms with Crippen LogP contribution in [0.25, 0.3) is 0 Å². The molecule has 1 atom stereocenters. The molecule has 0 saturated heterocycles. The zero-order valence-electron chi connectivity index (χ0n) is 18.0. The summed E-state index contributed by atoms with van der Waals surface area (Å²) in [6.45, 7) is 1.96. The standard InChI is InChI=1S/C25H23F3N2O2S/c1-18-11-13-22(14-12-18)33(31,32)30-17-23(19-7-3-2-4-8-19)29-24(30)15-20-9-5-6-10-21(20)16-25(26,27)28/h2-14,23H,15-17H2,1H3. The smallest absolute Gasteiger partial charge is 0.261 e. The van der Waals surface area contributed by atoms with Gasteiger partial charge in [-0.2, -0.15) is 13.2 Å². The van der Waals surface area contributed by atoms with Crippen molar-refractivity contribution in [3.63, 3.8) is 0 Å². The average molecular weight is 473 g/mol. The second-order valence-corrected chi connectivity index (χ2v) is 9.92. The Morgan fingerprint density at radius 1 is 0.909 bits per heavy atom. The molecule has 4 nitrogen and oxygen atoms in total. The van der Waals surface area contributed by atoms with E-state index in [9.17, 15) is 21.6 Å². The molecule has 0 aromatic heterocycles. The van der Waals surface area contributed by atoms with Crippen LogP contribution in [-0.2, 0) is 22.9 Å². The fourth-order valence-corrected chi connectivity index (χ4v) is 5.36. The minimum atomic E-state index is -4.37. The van der Waals surface area contributed by atoms with Gasteiger partial charge in [-0.1, -0.05) is 72.3 Å². The third-order valence-corrected chi connectivity index (χ3v) is 7.39. The number of aryl methyl sites for hydroxylation is 1. The molecule has 33 heavy (non-hydrogen) atoms. The third-order valence-electron chi connectivity index (χ3n) is 5.58. The Kier molecular flexibility index (Phi) is 6.30. The molecule has 0 fully saturated rings. The summed E-state index contributed by atoms with van der Waals surface area (Å²) >= 11 is 0. The van der Waals surface area contributed by atoms with Crippen LogP contribution in [-0.4, -0.2) is 31.3 Å². The van der Waals surface area contributed by atoms with Crippen LogP contribution >= 0.6 is 0 Å². The van der Waals surface area contributed by atoms with Crippen molar-refractivity contribution in [1.82, 2.24) is 4.31 Å². The predicted octanol–water partition coefficient (Wildman–Crippen LogP) is 5.49. The number of benzene rings is 3. The van der Waals surface area contributed by atoms with Crippen LogP contribution in [0.2, 0.25) is 0 Å². The number of hydrogen-bond donors (Lipinski definition) is 0. The van der Waals surface area contributed by atoms with Crippen molar-refractivity contribution < 1.29 is 21.6 Å². The first-order valence-corrected chi connectivity index (χ1v) is 11.9. The van der Waals surface area contributed by atoms with Crippen LogP contribution < -0.4 is 0 Å². The molecule has 0 spiro atoms. The number of nitrogens with zero attached hydrogens (tertiary/aromatic N) is 2. The SMILES string of the molecule is Cc1ccc(S(=O)(=O)N2CC(c3ccccc3)N=C2Cc2ccccc2CC(F)(F)F)cc1. The maximum absolute atomic E-state index is 13.5. The minimum absolute atomic E-state index is 0.0132. The summed E-state index contributed by atoms with van der Waals surface area (Å²) in [5.41, 5.74) is 2.29. The number of alkyl halides is 3. The first kappa shape index (κ1) is 23.0. The number of aliphatic imine (C=N–C) groups is 1. The molecular weight excluding hydrogens is 449 g/mol. The Labute approximate surface area is 191 Å². The van der Waals surface area contributed by atoms with Crippen LogP contribution in [0, 0.1) is 6.92 Å². The van der Waals surface area contributed by atoms with E-state index in [4.69, 9.17) is 0 Å². The molecule has 1 heterocycles. The molecule has 4 rings (SSSR count). The van der Waals surface area contributed by atoms with Gasteiger partial charge in [-0.25, -0.2) is 8.42 Å². The van der Waals surface area contributed by atoms with Gasteiger partial charge in [0.1, 0.15) is 5.84 Å². The van der Waals surface area contributed by atoms with Crippen molar-refractivity contribution >= 4 is 15.9 Å². The van der Waals surface area contributed by atoms with Crippen molar-refractivity contribution in [2.75, 3.05) is 6.54 Å². The average Bonchev–Trinajstić information content (AvgIpc) is 3.20. The Morgan fingerprint density at radius 3 is 2.15 bits per heavy atom. The highest BCUT2D eigenvalue weighted by Gasteiger charge is 2.36. The van der Waals surface area contributed by atoms with Gasteiger partial charge in [0, 0.05) is 6.42 Å². The van der Waals surface area contributed by atoms with Gasteiger partial charge in [0.2, 0.25) is 0 Å². The number of halogens is 3. The van der Waals surface area contributed by atoms with Gasteiger partial charge in [-0.3, -0.25) is 9.30 Å². The van der Waals surface area contributed by atoms with Crippen LogP contribution in [0.5, 0.6) is 0 Å². The predicted molar refractivity (Wildman–Crippen MR) is 122 cm³/mol. The summed E-state index contributed by atoms with van der Waals surface area (Å²) in [5, 5.41) is 0. The molecular formula is C25H23F3N2O2S. The number of amidine groups is 1. The Morgan fingerprint density at radius 2 is 1.52 bits per heavy atom. The largest absolute Gasteiger partial charge is 0.393 e. The van der Waals surface area contributed by atoms with Crippen LogP contribution in [0.1, 0.15) is 28.3 Å². The Balaban J connectivity index is 1.73. The zero-order valence-corrected chi connectivity index (χ0v) is 18.8. The molecule has 1 aliphatic heterocycles. The molecule has 0 bridgehead atoms. The Hall–Kier alpha value is -3.13. The summed E-state index contributed by atoms with van der Waals surface area (Å²) in [7, 11) is -3.93. The van der Waals surface area contributed by atoms with Crippen molar-refractivity contribution in [1.29, 1.82) is 0 Å². The molecule has 3 aromatic rings. The molecule has 0 amide bonds. The van der Waals surface area contributed by atoms with Crippen LogP contribution in [0.3, 0.4) is 0 Å². The van der Waals surface area contributed by atoms with E-state index in [0.717, 1.165) is 11.1 Å². The first-order valence-electron chi connectivity index (χ1n) is 10.5. The summed E-state index contributed by atoms with van der Waals surface area (Å²) in [6.07, 6.45) is -5.46. The molecule has 3 aromatic carbocycles. The van der Waals surface area contributed by atoms with E-state index in [0.29, 0.717) is 5.56 Å². The second-order valence-electron chi connectivity index (χ2n) is 8.06. The maximum Gasteiger partial charge on any atom is 0.393 e. The normalized spacial score (nSPS) is 16.7. The highest BCUT2D eigenvalue weighted by Crippen LogP contribution is 2.32. The van der Waals surface area contributed by atoms with Crippen molar-refractivity contribution in [2.45, 2.75) is 36.9 Å². The highest BCUT2D eigenvalue weighted by atomic mass is 32.2. The van der Waals surface area contributed by atoms with Crippen molar-refractivity contribution in [2.24, 2.45) is 4.99 Å². The maximum atomic E-state index is 13.5. The molecule has 0 radical (unpaired) electrons. The monoisotopic (exact) mass is 472 g/mol. The van der Waals surface area contributed by atoms with Crippen LogP contribution in [0.4, 0.5) is 13.2 Å². The minimum Gasteiger partial charge on any atom is -0.261 e. The molecule has 0 N–H and O–H groups in total. The number of sulfonamides is 1. The van der Waals surface area contributed by atoms with Gasteiger partial charge in [-0.05, 0) is 35.7 Å². The molecule has 0 saturated carbocycles. The summed E-state index contributed by atoms with van der Waals surface area (Å²) in [6, 6.07) is 21.6. The number of hydrogen-bond acceptors (Lipinski definition) is 3. The van der Waals surface area contributed by atoms with Crippen molar-refractivity contribution in [3.05, 3.63) is 101 Å². The molecule has 8 heteroatoms. The first-order chi connectivity index (χ1) is 15.6. The fourth-order valence-electron chi connectivity index (χ4n) is 3.90. The lowest BCUT2D eigenvalue weighted by molar-refractivity contribution is -0.127. The zero-order chi connectivity index (χ0) is 23.6. The van der Waals surface area contributed by atoms with E-state index in [-0.39, 0.29) is 29.3 Å². The molecule has 1 unspecified atom stereocenters. The lowest BCUT2D eigenvalue weighted by atomic mass is 10.0. The third kappa shape index (κ3) is 5.27. The lowest BCUT2D eigenvalue weighted by Crippen LogP contribution is -2.36. The molecule has 172 valence electrons. The van der Waals surface area contributed by atoms with Crippen LogP contribution in [0.15, 0.2) is 88.8 Å². The summed E-state index contributed by atoms with van der Waals surface area (Å²) in [5.74, 6) is 0.235. The van der Waals surface area contributed by atoms with Gasteiger partial charge in [-0.15, -0.1) is 0 Å². The Bertz CT molecular complexity index is 1250. The molecule has 1 aliphatic rings. The number of rotatable bonds is 6. The van der Waals surface area contributed by atoms with E-state index in [1.165, 1.54) is 22.5 Å². The van der Waals surface area contributed by atoms with E-state index in [1.807, 2.05) is 37.3 Å². The summed E-state index contributed by atoms with van der Waals surface area (Å²) in [4.78, 5) is 4.79. The van der Waals surface area contributed by atoms with Gasteiger partial charge >= 0.3 is 6.18 Å². The van der Waals surface area contributed by atoms with Gasteiger partial charge in [0.15, 0.2) is 0 Å². The van der Waals surface area contributed by atoms with Crippen molar-refractivity contribution in [3.8, 4) is 0 Å². The van der Waals surface area contributed by atoms with E-state index in [1.54, 1.807) is 30.3 Å². The topological polar surface area (TPSA) is 49.7 Å². The van der Waals surface area contributed by atoms with Gasteiger partial charge in [0.05, 0.1) is 23.9 Å². The quantitative estimate of drug-likeness (QED) is 0.477. The lowest BCUT2D eigenvalue weighted by Gasteiger charge is -2.22. The fraction of sp³-hybridized carbons (Fsp3) is 0.240. The van der Waals surface area contributed by atoms with Gasteiger partial charge in [0.25, 0.3) is 10.0 Å². The van der Waals surface area contributed by atoms with E-state index in [2.05, 4.69) is 4.99 Å². The van der Waals surface area contributed by atoms with E-state index >= 15 is 0 Å².